The summed E-state index contributed by atoms with van der Waals surface area (Å²) in [6, 6.07) is 7.67. The van der Waals surface area contributed by atoms with Gasteiger partial charge in [0.1, 0.15) is 12.4 Å². The summed E-state index contributed by atoms with van der Waals surface area (Å²) in [7, 11) is 0. The summed E-state index contributed by atoms with van der Waals surface area (Å²) < 4.78 is 12.8. The molecule has 23 heavy (non-hydrogen) atoms. The Bertz CT molecular complexity index is 691. The van der Waals surface area contributed by atoms with E-state index in [9.17, 15) is 9.18 Å². The quantitative estimate of drug-likeness (QED) is 0.626. The van der Waals surface area contributed by atoms with Crippen molar-refractivity contribution in [3.8, 4) is 0 Å². The molecule has 0 bridgehead atoms. The van der Waals surface area contributed by atoms with Gasteiger partial charge in [0, 0.05) is 18.9 Å². The maximum atomic E-state index is 12.8. The van der Waals surface area contributed by atoms with E-state index in [1.807, 2.05) is 0 Å². The maximum absolute atomic E-state index is 12.8. The summed E-state index contributed by atoms with van der Waals surface area (Å²) in [5.74, 6) is -0.324. The first-order valence-corrected chi connectivity index (χ1v) is 7.22. The van der Waals surface area contributed by atoms with Crippen LogP contribution in [0.2, 0.25) is 0 Å². The molecule has 6 nitrogen and oxygen atoms in total. The van der Waals surface area contributed by atoms with Crippen LogP contribution < -0.4 is 4.90 Å². The van der Waals surface area contributed by atoms with Crippen molar-refractivity contribution in [1.82, 2.24) is 9.97 Å². The van der Waals surface area contributed by atoms with E-state index in [2.05, 4.69) is 15.1 Å². The van der Waals surface area contributed by atoms with Crippen LogP contribution >= 0.6 is 0 Å². The highest BCUT2D eigenvalue weighted by molar-refractivity contribution is 6.04. The minimum absolute atomic E-state index is 0.0923. The van der Waals surface area contributed by atoms with Gasteiger partial charge in [-0.05, 0) is 30.2 Å². The number of carbonyl (C=O) groups excluding carboxylic acids is 1. The van der Waals surface area contributed by atoms with Gasteiger partial charge in [0.15, 0.2) is 0 Å². The van der Waals surface area contributed by atoms with E-state index in [0.717, 1.165) is 5.56 Å². The van der Waals surface area contributed by atoms with E-state index >= 15 is 0 Å². The second-order valence-corrected chi connectivity index (χ2v) is 5.09. The first kappa shape index (κ1) is 15.1. The van der Waals surface area contributed by atoms with Crippen LogP contribution in [0.5, 0.6) is 0 Å². The van der Waals surface area contributed by atoms with E-state index < -0.39 is 0 Å². The third kappa shape index (κ3) is 3.68. The SMILES string of the molecule is O=C1[C@@H](/C=N\OCc2ccc(F)cc2)CCN1c1ncccn1. The normalized spacial score (nSPS) is 17.9. The van der Waals surface area contributed by atoms with Gasteiger partial charge in [0.2, 0.25) is 11.9 Å². The van der Waals surface area contributed by atoms with Crippen LogP contribution in [0.1, 0.15) is 12.0 Å². The molecule has 1 atom stereocenters. The van der Waals surface area contributed by atoms with Crippen molar-refractivity contribution in [2.45, 2.75) is 13.0 Å². The molecule has 0 N–H and O–H groups in total. The molecular weight excluding hydrogens is 299 g/mol. The molecule has 1 aliphatic heterocycles. The van der Waals surface area contributed by atoms with Crippen LogP contribution in [0.15, 0.2) is 47.9 Å². The van der Waals surface area contributed by atoms with Crippen molar-refractivity contribution >= 4 is 18.1 Å². The molecule has 0 unspecified atom stereocenters. The zero-order valence-electron chi connectivity index (χ0n) is 12.3. The summed E-state index contributed by atoms with van der Waals surface area (Å²) in [5.41, 5.74) is 0.806. The number of rotatable bonds is 5. The molecule has 2 heterocycles. The van der Waals surface area contributed by atoms with Gasteiger partial charge in [0.25, 0.3) is 0 Å². The van der Waals surface area contributed by atoms with Gasteiger partial charge in [-0.3, -0.25) is 9.69 Å². The minimum Gasteiger partial charge on any atom is -0.391 e. The third-order valence-electron chi connectivity index (χ3n) is 3.50. The smallest absolute Gasteiger partial charge is 0.238 e. The molecule has 1 amide bonds. The fourth-order valence-corrected chi connectivity index (χ4v) is 2.28. The number of nitrogens with zero attached hydrogens (tertiary/aromatic N) is 4. The minimum atomic E-state index is -0.341. The molecule has 0 radical (unpaired) electrons. The lowest BCUT2D eigenvalue weighted by Gasteiger charge is -2.12. The number of benzene rings is 1. The van der Waals surface area contributed by atoms with Crippen LogP contribution in [0, 0.1) is 11.7 Å². The van der Waals surface area contributed by atoms with Crippen LogP contribution in [0.25, 0.3) is 0 Å². The first-order chi connectivity index (χ1) is 11.2. The van der Waals surface area contributed by atoms with Crippen LogP contribution in [0.4, 0.5) is 10.3 Å². The summed E-state index contributed by atoms with van der Waals surface area (Å²) in [6.45, 7) is 0.778. The van der Waals surface area contributed by atoms with Crippen molar-refractivity contribution in [2.24, 2.45) is 11.1 Å². The number of oxime groups is 1. The fraction of sp³-hybridized carbons (Fsp3) is 0.250. The molecule has 0 spiro atoms. The summed E-state index contributed by atoms with van der Waals surface area (Å²) in [5, 5.41) is 3.84. The number of hydrogen-bond acceptors (Lipinski definition) is 5. The molecule has 1 fully saturated rings. The standard InChI is InChI=1S/C16H15FN4O2/c17-14-4-2-12(3-5-14)11-23-20-10-13-6-9-21(15(13)22)16-18-7-1-8-19-16/h1-5,7-8,10,13H,6,9,11H2/b20-10-/t13-/m1/s1. The zero-order chi connectivity index (χ0) is 16.1. The summed E-state index contributed by atoms with van der Waals surface area (Å²) >= 11 is 0. The van der Waals surface area contributed by atoms with Crippen LogP contribution in [0.3, 0.4) is 0 Å². The lowest BCUT2D eigenvalue weighted by atomic mass is 10.1. The van der Waals surface area contributed by atoms with Gasteiger partial charge in [-0.2, -0.15) is 0 Å². The van der Waals surface area contributed by atoms with Gasteiger partial charge in [-0.15, -0.1) is 0 Å². The lowest BCUT2D eigenvalue weighted by molar-refractivity contribution is -0.118. The highest BCUT2D eigenvalue weighted by Crippen LogP contribution is 2.20. The zero-order valence-corrected chi connectivity index (χ0v) is 12.3. The van der Waals surface area contributed by atoms with Crippen molar-refractivity contribution in [2.75, 3.05) is 11.4 Å². The van der Waals surface area contributed by atoms with Gasteiger partial charge in [-0.1, -0.05) is 17.3 Å². The average molecular weight is 314 g/mol. The van der Waals surface area contributed by atoms with E-state index in [1.165, 1.54) is 23.2 Å². The first-order valence-electron chi connectivity index (χ1n) is 7.22. The lowest BCUT2D eigenvalue weighted by Crippen LogP contribution is -2.29. The highest BCUT2D eigenvalue weighted by atomic mass is 19.1. The molecular formula is C16H15FN4O2. The molecule has 1 aromatic carbocycles. The second kappa shape index (κ2) is 6.95. The van der Waals surface area contributed by atoms with Crippen LogP contribution in [-0.4, -0.2) is 28.6 Å². The number of carbonyl (C=O) groups is 1. The maximum Gasteiger partial charge on any atom is 0.238 e. The Morgan fingerprint density at radius 3 is 2.78 bits per heavy atom. The number of aromatic nitrogens is 2. The van der Waals surface area contributed by atoms with Crippen molar-refractivity contribution in [1.29, 1.82) is 0 Å². The summed E-state index contributed by atoms with van der Waals surface area (Å²) in [4.78, 5) is 27.1. The molecule has 0 aliphatic carbocycles. The molecule has 0 saturated carbocycles. The van der Waals surface area contributed by atoms with E-state index in [0.29, 0.717) is 18.9 Å². The predicted octanol–water partition coefficient (Wildman–Crippen LogP) is 2.17. The molecule has 3 rings (SSSR count). The van der Waals surface area contributed by atoms with E-state index in [1.54, 1.807) is 30.6 Å². The van der Waals surface area contributed by atoms with Crippen LogP contribution in [-0.2, 0) is 16.2 Å². The fourth-order valence-electron chi connectivity index (χ4n) is 2.28. The monoisotopic (exact) mass is 314 g/mol. The van der Waals surface area contributed by atoms with Crippen molar-refractivity contribution in [3.63, 3.8) is 0 Å². The Labute approximate surface area is 132 Å². The Kier molecular flexibility index (Phi) is 4.56. The van der Waals surface area contributed by atoms with Gasteiger partial charge < -0.3 is 4.84 Å². The number of halogens is 1. The Balaban J connectivity index is 1.52. The van der Waals surface area contributed by atoms with Gasteiger partial charge in [-0.25, -0.2) is 14.4 Å². The van der Waals surface area contributed by atoms with Crippen molar-refractivity contribution < 1.29 is 14.0 Å². The average Bonchev–Trinajstić information content (AvgIpc) is 2.95. The van der Waals surface area contributed by atoms with E-state index in [4.69, 9.17) is 4.84 Å². The molecule has 1 aliphatic rings. The molecule has 1 saturated heterocycles. The summed E-state index contributed by atoms with van der Waals surface area (Å²) in [6.07, 6.45) is 5.33. The molecule has 1 aromatic heterocycles. The number of hydrogen-bond donors (Lipinski definition) is 0. The molecule has 118 valence electrons. The largest absolute Gasteiger partial charge is 0.391 e. The Morgan fingerprint density at radius 1 is 1.30 bits per heavy atom. The van der Waals surface area contributed by atoms with E-state index in [-0.39, 0.29) is 24.2 Å². The molecule has 7 heteroatoms. The predicted molar refractivity (Wildman–Crippen MR) is 82.2 cm³/mol. The third-order valence-corrected chi connectivity index (χ3v) is 3.50. The number of anilines is 1. The topological polar surface area (TPSA) is 67.7 Å². The Hall–Kier alpha value is -2.83. The highest BCUT2D eigenvalue weighted by Gasteiger charge is 2.32. The number of amides is 1. The van der Waals surface area contributed by atoms with Crippen molar-refractivity contribution in [3.05, 3.63) is 54.1 Å². The Morgan fingerprint density at radius 2 is 2.04 bits per heavy atom. The second-order valence-electron chi connectivity index (χ2n) is 5.09. The van der Waals surface area contributed by atoms with Gasteiger partial charge >= 0.3 is 0 Å². The van der Waals surface area contributed by atoms with Gasteiger partial charge in [0.05, 0.1) is 12.1 Å². The molecule has 2 aromatic rings.